The van der Waals surface area contributed by atoms with E-state index >= 15 is 0 Å². The minimum absolute atomic E-state index is 0.0242. The highest BCUT2D eigenvalue weighted by Crippen LogP contribution is 2.46. The van der Waals surface area contributed by atoms with Gasteiger partial charge in [0.15, 0.2) is 0 Å². The smallest absolute Gasteiger partial charge is 0.326 e. The maximum atomic E-state index is 15.0. The van der Waals surface area contributed by atoms with Crippen LogP contribution in [-0.2, 0) is 24.6 Å². The molecule has 0 unspecified atom stereocenters. The maximum absolute atomic E-state index is 15.0. The number of urea groups is 1. The summed E-state index contributed by atoms with van der Waals surface area (Å²) in [5, 5.41) is 1.03. The predicted octanol–water partition coefficient (Wildman–Crippen LogP) is 5.39. The van der Waals surface area contributed by atoms with Crippen molar-refractivity contribution in [3.8, 4) is 5.75 Å². The number of hydrogen-bond donors (Lipinski definition) is 0. The number of carbonyl (C=O) groups is 1. The molecule has 2 atom stereocenters. The molecule has 0 spiro atoms. The van der Waals surface area contributed by atoms with Crippen molar-refractivity contribution in [1.82, 2.24) is 19.0 Å². The first-order chi connectivity index (χ1) is 24.8. The zero-order chi connectivity index (χ0) is 37.2. The van der Waals surface area contributed by atoms with Crippen LogP contribution in [0.1, 0.15) is 35.7 Å². The Morgan fingerprint density at radius 3 is 2.04 bits per heavy atom. The van der Waals surface area contributed by atoms with E-state index < -0.39 is 31.9 Å². The van der Waals surface area contributed by atoms with E-state index in [1.807, 2.05) is 29.2 Å². The molecule has 17 heteroatoms. The molecule has 0 radical (unpaired) electrons. The van der Waals surface area contributed by atoms with Crippen molar-refractivity contribution in [3.63, 3.8) is 0 Å². The van der Waals surface area contributed by atoms with Gasteiger partial charge < -0.3 is 14.4 Å². The van der Waals surface area contributed by atoms with Crippen LogP contribution in [0.4, 0.5) is 4.79 Å². The molecule has 0 aliphatic carbocycles. The van der Waals surface area contributed by atoms with Crippen LogP contribution < -0.4 is 4.74 Å². The third kappa shape index (κ3) is 8.55. The molecule has 52 heavy (non-hydrogen) atoms. The number of rotatable bonds is 10. The van der Waals surface area contributed by atoms with Gasteiger partial charge in [-0.05, 0) is 48.4 Å². The number of sulfonamides is 1. The second-order valence-corrected chi connectivity index (χ2v) is 18.2. The maximum Gasteiger partial charge on any atom is 0.326 e. The molecule has 0 N–H and O–H groups in total. The van der Waals surface area contributed by atoms with Crippen molar-refractivity contribution >= 4 is 66.5 Å². The number of benzene rings is 3. The summed E-state index contributed by atoms with van der Waals surface area (Å²) in [5.74, 6) is 0.503. The van der Waals surface area contributed by atoms with Crippen LogP contribution in [0, 0.1) is 0 Å². The number of carbonyl (C=O) groups excluding carboxylic acids is 1. The molecular formula is C35H40Cl3N5O7S2. The van der Waals surface area contributed by atoms with E-state index in [4.69, 9.17) is 49.3 Å². The highest BCUT2D eigenvalue weighted by molar-refractivity contribution is 7.90. The monoisotopic (exact) mass is 811 g/mol. The van der Waals surface area contributed by atoms with Crippen LogP contribution in [0.25, 0.3) is 0 Å². The second-order valence-electron chi connectivity index (χ2n) is 12.8. The summed E-state index contributed by atoms with van der Waals surface area (Å²) in [6.45, 7) is 4.85. The average molecular weight is 813 g/mol. The van der Waals surface area contributed by atoms with Gasteiger partial charge in [-0.1, -0.05) is 59.1 Å². The Balaban J connectivity index is 1.49. The molecule has 2 fully saturated rings. The van der Waals surface area contributed by atoms with Crippen LogP contribution in [0.3, 0.4) is 0 Å². The Labute approximate surface area is 319 Å². The summed E-state index contributed by atoms with van der Waals surface area (Å²) < 4.78 is 64.5. The highest BCUT2D eigenvalue weighted by atomic mass is 35.5. The summed E-state index contributed by atoms with van der Waals surface area (Å²) >= 11 is 19.3. The molecule has 280 valence electrons. The molecule has 3 aromatic rings. The normalized spacial score (nSPS) is 20.6. The number of aliphatic imine (C=N–C) groups is 1. The zero-order valence-corrected chi connectivity index (χ0v) is 32.7. The van der Waals surface area contributed by atoms with Gasteiger partial charge in [-0.2, -0.15) is 4.31 Å². The van der Waals surface area contributed by atoms with Crippen LogP contribution in [0.5, 0.6) is 5.75 Å². The Morgan fingerprint density at radius 2 is 1.46 bits per heavy atom. The molecule has 2 saturated heterocycles. The molecule has 3 aliphatic rings. The lowest BCUT2D eigenvalue weighted by atomic mass is 9.93. The first-order valence-corrected chi connectivity index (χ1v) is 21.5. The van der Waals surface area contributed by atoms with Gasteiger partial charge in [0.25, 0.3) is 0 Å². The molecule has 0 saturated carbocycles. The number of morpholine rings is 1. The van der Waals surface area contributed by atoms with Gasteiger partial charge in [-0.3, -0.25) is 14.8 Å². The number of piperazine rings is 1. The lowest BCUT2D eigenvalue weighted by Gasteiger charge is -2.39. The van der Waals surface area contributed by atoms with Gasteiger partial charge in [0.1, 0.15) is 32.4 Å². The summed E-state index contributed by atoms with van der Waals surface area (Å²) in [6.07, 6.45) is 1.21. The summed E-state index contributed by atoms with van der Waals surface area (Å²) in [7, 11) is -7.23. The first-order valence-electron chi connectivity index (χ1n) is 16.9. The van der Waals surface area contributed by atoms with E-state index in [9.17, 15) is 21.6 Å². The molecule has 0 bridgehead atoms. The molecule has 2 amide bonds. The van der Waals surface area contributed by atoms with Gasteiger partial charge in [0.2, 0.25) is 10.0 Å². The number of halogens is 3. The summed E-state index contributed by atoms with van der Waals surface area (Å²) in [4.78, 5) is 25.4. The minimum atomic E-state index is -4.08. The molecule has 3 heterocycles. The van der Waals surface area contributed by atoms with E-state index in [0.717, 1.165) is 11.1 Å². The Morgan fingerprint density at radius 1 is 0.865 bits per heavy atom. The van der Waals surface area contributed by atoms with E-state index in [1.54, 1.807) is 41.0 Å². The zero-order valence-electron chi connectivity index (χ0n) is 28.8. The van der Waals surface area contributed by atoms with E-state index in [2.05, 4.69) is 0 Å². The summed E-state index contributed by atoms with van der Waals surface area (Å²) in [6, 6.07) is 15.6. The predicted molar refractivity (Wildman–Crippen MR) is 202 cm³/mol. The van der Waals surface area contributed by atoms with Crippen molar-refractivity contribution in [2.75, 3.05) is 77.6 Å². The van der Waals surface area contributed by atoms with Crippen molar-refractivity contribution in [2.45, 2.75) is 23.9 Å². The molecule has 6 rings (SSSR count). The van der Waals surface area contributed by atoms with Crippen molar-refractivity contribution in [1.29, 1.82) is 0 Å². The van der Waals surface area contributed by atoms with Gasteiger partial charge in [-0.25, -0.2) is 21.6 Å². The van der Waals surface area contributed by atoms with Gasteiger partial charge in [0, 0.05) is 68.2 Å². The van der Waals surface area contributed by atoms with Crippen molar-refractivity contribution in [3.05, 3.63) is 92.4 Å². The number of nitrogens with zero attached hydrogens (tertiary/aromatic N) is 5. The largest absolute Gasteiger partial charge is 0.493 e. The van der Waals surface area contributed by atoms with Gasteiger partial charge in [0.05, 0.1) is 42.2 Å². The highest BCUT2D eigenvalue weighted by Gasteiger charge is 2.45. The van der Waals surface area contributed by atoms with Crippen LogP contribution in [0.2, 0.25) is 15.1 Å². The number of hydrogen-bond acceptors (Lipinski definition) is 9. The van der Waals surface area contributed by atoms with Crippen molar-refractivity contribution in [2.24, 2.45) is 4.99 Å². The summed E-state index contributed by atoms with van der Waals surface area (Å²) in [5.41, 5.74) is 1.81. The fourth-order valence-corrected chi connectivity index (χ4v) is 9.34. The fourth-order valence-electron chi connectivity index (χ4n) is 6.57. The van der Waals surface area contributed by atoms with E-state index in [1.165, 1.54) is 22.7 Å². The topological polar surface area (TPSA) is 129 Å². The van der Waals surface area contributed by atoms with Crippen LogP contribution in [-0.4, -0.2) is 125 Å². The Bertz CT molecular complexity index is 2020. The average Bonchev–Trinajstić information content (AvgIpc) is 3.52. The molecule has 0 aromatic heterocycles. The van der Waals surface area contributed by atoms with Gasteiger partial charge in [-0.15, -0.1) is 0 Å². The number of sulfone groups is 1. The lowest BCUT2D eigenvalue weighted by molar-refractivity contribution is 0.0730. The quantitative estimate of drug-likeness (QED) is 0.267. The van der Waals surface area contributed by atoms with E-state index in [-0.39, 0.29) is 71.8 Å². The van der Waals surface area contributed by atoms with Crippen molar-refractivity contribution < 1.29 is 31.1 Å². The molecule has 12 nitrogen and oxygen atoms in total. The second kappa shape index (κ2) is 16.2. The molecular weight excluding hydrogens is 773 g/mol. The number of ether oxygens (including phenoxy) is 2. The van der Waals surface area contributed by atoms with E-state index in [0.29, 0.717) is 42.8 Å². The third-order valence-electron chi connectivity index (χ3n) is 9.28. The molecule has 3 aromatic carbocycles. The van der Waals surface area contributed by atoms with Gasteiger partial charge >= 0.3 is 6.03 Å². The van der Waals surface area contributed by atoms with Crippen LogP contribution in [0.15, 0.2) is 70.6 Å². The first kappa shape index (κ1) is 38.8. The minimum Gasteiger partial charge on any atom is -0.493 e. The van der Waals surface area contributed by atoms with Crippen LogP contribution >= 0.6 is 34.8 Å². The SMILES string of the molecule is CCOc1cc(Cl)c(S(=O)(=O)N2CCOCC2)cc1C1=N[C@@H](c2ccc(Cl)cc2)[C@@H](c2ccc(Cl)cc2)N1C(=O)N1CCN(CCS(C)(=O)=O)CC1. The molecule has 3 aliphatic heterocycles. The lowest BCUT2D eigenvalue weighted by Crippen LogP contribution is -2.54. The Hall–Kier alpha value is -2.95. The Kier molecular flexibility index (Phi) is 12.1. The number of amides is 2. The standard InChI is InChI=1S/C35H40Cl3N5O7S2/c1-3-50-30-23-29(38)31(52(47,48)42-16-19-49-20-17-42)22-28(30)34-39-32(24-4-8-26(36)9-5-24)33(25-6-10-27(37)11-7-25)43(34)35(44)41-14-12-40(13-15-41)18-21-51(2,45)46/h4-11,22-23,32-33H,3,12-21H2,1-2H3/t32-,33+/m0/s1. The third-order valence-corrected chi connectivity index (χ3v) is 13.1. The fraction of sp³-hybridized carbons (Fsp3) is 0.429. The number of amidine groups is 1.